The molecule has 0 saturated heterocycles. The van der Waals surface area contributed by atoms with Crippen molar-refractivity contribution < 1.29 is 14.3 Å². The molecule has 3 heteroatoms. The Morgan fingerprint density at radius 1 is 1.25 bits per heavy atom. The molecule has 70 valence electrons. The highest BCUT2D eigenvalue weighted by atomic mass is 16.6. The highest BCUT2D eigenvalue weighted by Gasteiger charge is 1.93. The zero-order chi connectivity index (χ0) is 9.98. The predicted octanol–water partition coefficient (Wildman–Crippen LogP) is 2.07. The average molecular weight is 172 g/mol. The Balaban J connectivity index is 0. The predicted molar refractivity (Wildman–Crippen MR) is 47.6 cm³/mol. The molecule has 0 aromatic carbocycles. The second kappa shape index (κ2) is 9.88. The fourth-order valence-electron chi connectivity index (χ4n) is 0.438. The lowest BCUT2D eigenvalue weighted by atomic mass is 10.4. The van der Waals surface area contributed by atoms with Crippen LogP contribution in [0.3, 0.4) is 0 Å². The monoisotopic (exact) mass is 172 g/mol. The van der Waals surface area contributed by atoms with Crippen molar-refractivity contribution in [2.24, 2.45) is 0 Å². The van der Waals surface area contributed by atoms with Crippen LogP contribution in [0.4, 0.5) is 0 Å². The van der Waals surface area contributed by atoms with Crippen LogP contribution < -0.4 is 0 Å². The Morgan fingerprint density at radius 2 is 1.67 bits per heavy atom. The first-order valence-corrected chi connectivity index (χ1v) is 3.84. The quantitative estimate of drug-likeness (QED) is 0.345. The second-order valence-electron chi connectivity index (χ2n) is 2.06. The van der Waals surface area contributed by atoms with Gasteiger partial charge in [-0.25, -0.2) is 0 Å². The van der Waals surface area contributed by atoms with Crippen molar-refractivity contribution >= 4 is 11.9 Å². The number of carbonyl (C=O) groups is 2. The Labute approximate surface area is 73.4 Å². The topological polar surface area (TPSA) is 43.4 Å². The smallest absolute Gasteiger partial charge is 0.310 e. The van der Waals surface area contributed by atoms with Gasteiger partial charge in [-0.2, -0.15) is 0 Å². The molecule has 0 amide bonds. The summed E-state index contributed by atoms with van der Waals surface area (Å²) in [6, 6.07) is 0. The summed E-state index contributed by atoms with van der Waals surface area (Å²) in [6.07, 6.45) is 5.34. The molecule has 0 atom stereocenters. The van der Waals surface area contributed by atoms with Gasteiger partial charge in [0, 0.05) is 13.8 Å². The number of allylic oxidation sites excluding steroid dienone is 2. The fourth-order valence-corrected chi connectivity index (χ4v) is 0.438. The minimum atomic E-state index is -0.562. The summed E-state index contributed by atoms with van der Waals surface area (Å²) in [5.74, 6) is -1.12. The SMILES string of the molecule is CC(=O)OC(C)=O.CC=CCC. The van der Waals surface area contributed by atoms with E-state index in [0.717, 1.165) is 6.42 Å². The Morgan fingerprint density at radius 3 is 1.67 bits per heavy atom. The van der Waals surface area contributed by atoms with E-state index >= 15 is 0 Å². The lowest BCUT2D eigenvalue weighted by Crippen LogP contribution is -2.03. The summed E-state index contributed by atoms with van der Waals surface area (Å²) in [7, 11) is 0. The van der Waals surface area contributed by atoms with Gasteiger partial charge in [0.05, 0.1) is 0 Å². The van der Waals surface area contributed by atoms with E-state index in [1.165, 1.54) is 13.8 Å². The highest BCUT2D eigenvalue weighted by molar-refractivity contribution is 5.82. The van der Waals surface area contributed by atoms with Gasteiger partial charge in [-0.1, -0.05) is 19.1 Å². The van der Waals surface area contributed by atoms with Crippen LogP contribution in [0, 0.1) is 0 Å². The zero-order valence-corrected chi connectivity index (χ0v) is 8.09. The number of hydrogen-bond acceptors (Lipinski definition) is 3. The Bertz CT molecular complexity index is 147. The number of ether oxygens (including phenoxy) is 1. The van der Waals surface area contributed by atoms with Crippen LogP contribution in [0.1, 0.15) is 34.1 Å². The van der Waals surface area contributed by atoms with Crippen molar-refractivity contribution in [3.05, 3.63) is 12.2 Å². The first kappa shape index (κ1) is 13.5. The molecule has 0 unspecified atom stereocenters. The third-order valence-corrected chi connectivity index (χ3v) is 0.759. The molecule has 0 rings (SSSR count). The van der Waals surface area contributed by atoms with Crippen molar-refractivity contribution in [1.29, 1.82) is 0 Å². The van der Waals surface area contributed by atoms with Gasteiger partial charge in [0.2, 0.25) is 0 Å². The maximum Gasteiger partial charge on any atom is 0.310 e. The van der Waals surface area contributed by atoms with Crippen LogP contribution in [0.5, 0.6) is 0 Å². The molecule has 0 N–H and O–H groups in total. The largest absolute Gasteiger partial charge is 0.394 e. The first-order chi connectivity index (χ1) is 5.54. The second-order valence-corrected chi connectivity index (χ2v) is 2.06. The van der Waals surface area contributed by atoms with Gasteiger partial charge in [-0.3, -0.25) is 9.59 Å². The maximum absolute atomic E-state index is 9.81. The van der Waals surface area contributed by atoms with Gasteiger partial charge in [-0.05, 0) is 13.3 Å². The van der Waals surface area contributed by atoms with Gasteiger partial charge in [0.1, 0.15) is 0 Å². The van der Waals surface area contributed by atoms with E-state index in [4.69, 9.17) is 0 Å². The molecule has 0 aliphatic rings. The van der Waals surface area contributed by atoms with E-state index in [2.05, 4.69) is 23.8 Å². The molecular formula is C9H16O3. The van der Waals surface area contributed by atoms with Crippen molar-refractivity contribution in [3.8, 4) is 0 Å². The normalized spacial score (nSPS) is 8.67. The summed E-state index contributed by atoms with van der Waals surface area (Å²) < 4.78 is 3.97. The van der Waals surface area contributed by atoms with E-state index < -0.39 is 11.9 Å². The molecule has 0 aromatic heterocycles. The molecule has 0 bridgehead atoms. The molecule has 3 nitrogen and oxygen atoms in total. The van der Waals surface area contributed by atoms with Crippen LogP contribution in [-0.4, -0.2) is 11.9 Å². The summed E-state index contributed by atoms with van der Waals surface area (Å²) in [4.78, 5) is 19.6. The van der Waals surface area contributed by atoms with Crippen LogP contribution in [0.2, 0.25) is 0 Å². The van der Waals surface area contributed by atoms with E-state index in [-0.39, 0.29) is 0 Å². The number of esters is 2. The summed E-state index contributed by atoms with van der Waals surface area (Å²) >= 11 is 0. The Kier molecular flexibility index (Phi) is 11.1. The van der Waals surface area contributed by atoms with Crippen molar-refractivity contribution in [3.63, 3.8) is 0 Å². The van der Waals surface area contributed by atoms with Gasteiger partial charge >= 0.3 is 11.9 Å². The lowest BCUT2D eigenvalue weighted by Gasteiger charge is -1.87. The van der Waals surface area contributed by atoms with E-state index in [9.17, 15) is 9.59 Å². The van der Waals surface area contributed by atoms with Gasteiger partial charge in [0.15, 0.2) is 0 Å². The minimum Gasteiger partial charge on any atom is -0.394 e. The van der Waals surface area contributed by atoms with Gasteiger partial charge < -0.3 is 4.74 Å². The summed E-state index contributed by atoms with van der Waals surface area (Å²) in [5, 5.41) is 0. The van der Waals surface area contributed by atoms with Crippen molar-refractivity contribution in [1.82, 2.24) is 0 Å². The molecule has 0 aliphatic carbocycles. The van der Waals surface area contributed by atoms with Gasteiger partial charge in [0.25, 0.3) is 0 Å². The lowest BCUT2D eigenvalue weighted by molar-refractivity contribution is -0.156. The highest BCUT2D eigenvalue weighted by Crippen LogP contribution is 1.74. The van der Waals surface area contributed by atoms with Crippen LogP contribution >= 0.6 is 0 Å². The molecule has 0 saturated carbocycles. The van der Waals surface area contributed by atoms with Crippen LogP contribution in [0.25, 0.3) is 0 Å². The minimum absolute atomic E-state index is 0.562. The number of carbonyl (C=O) groups excluding carboxylic acids is 2. The summed E-state index contributed by atoms with van der Waals surface area (Å²) in [5.41, 5.74) is 0. The Hall–Kier alpha value is -1.12. The molecule has 0 fully saturated rings. The van der Waals surface area contributed by atoms with Crippen LogP contribution in [-0.2, 0) is 14.3 Å². The fraction of sp³-hybridized carbons (Fsp3) is 0.556. The standard InChI is InChI=1S/C5H10.C4H6O3/c1-3-5-4-2;1-3(5)7-4(2)6/h3,5H,4H2,1-2H3;1-2H3. The van der Waals surface area contributed by atoms with Crippen molar-refractivity contribution in [2.45, 2.75) is 34.1 Å². The van der Waals surface area contributed by atoms with E-state index in [1.54, 1.807) is 0 Å². The third-order valence-electron chi connectivity index (χ3n) is 0.759. The summed E-state index contributed by atoms with van der Waals surface area (Å²) in [6.45, 7) is 6.52. The number of rotatable bonds is 1. The first-order valence-electron chi connectivity index (χ1n) is 3.84. The third kappa shape index (κ3) is 23.2. The van der Waals surface area contributed by atoms with E-state index in [1.807, 2.05) is 6.92 Å². The molecule has 12 heavy (non-hydrogen) atoms. The molecule has 0 radical (unpaired) electrons. The zero-order valence-electron chi connectivity index (χ0n) is 8.09. The average Bonchev–Trinajstić information content (AvgIpc) is 1.87. The van der Waals surface area contributed by atoms with Crippen molar-refractivity contribution in [2.75, 3.05) is 0 Å². The van der Waals surface area contributed by atoms with Gasteiger partial charge in [-0.15, -0.1) is 0 Å². The molecule has 0 aromatic rings. The molecule has 0 spiro atoms. The maximum atomic E-state index is 9.81. The molecule has 0 heterocycles. The van der Waals surface area contributed by atoms with E-state index in [0.29, 0.717) is 0 Å². The molecular weight excluding hydrogens is 156 g/mol. The van der Waals surface area contributed by atoms with Crippen LogP contribution in [0.15, 0.2) is 12.2 Å². The molecule has 0 aliphatic heterocycles. The number of hydrogen-bond donors (Lipinski definition) is 0.